The Balaban J connectivity index is 1.44. The van der Waals surface area contributed by atoms with Gasteiger partial charge < -0.3 is 4.90 Å². The molecule has 0 radical (unpaired) electrons. The smallest absolute Gasteiger partial charge is 0.129 e. The summed E-state index contributed by atoms with van der Waals surface area (Å²) in [4.78, 5) is 10.3. The zero-order chi connectivity index (χ0) is 19.6. The molecule has 0 amide bonds. The summed E-state index contributed by atoms with van der Waals surface area (Å²) < 4.78 is 13.5. The van der Waals surface area contributed by atoms with Gasteiger partial charge in [-0.1, -0.05) is 25.0 Å². The van der Waals surface area contributed by atoms with Crippen molar-refractivity contribution in [2.45, 2.75) is 51.4 Å². The average Bonchev–Trinajstić information content (AvgIpc) is 3.53. The van der Waals surface area contributed by atoms with E-state index in [2.05, 4.69) is 15.9 Å². The van der Waals surface area contributed by atoms with Crippen LogP contribution in [0.1, 0.15) is 49.8 Å². The molecular formula is C25H32FN3. The van der Waals surface area contributed by atoms with Gasteiger partial charge in [0.25, 0.3) is 0 Å². The third kappa shape index (κ3) is 4.48. The summed E-state index contributed by atoms with van der Waals surface area (Å²) in [5.74, 6) is 1.91. The number of piperazine rings is 1. The second-order valence-electron chi connectivity index (χ2n) is 9.11. The van der Waals surface area contributed by atoms with Crippen molar-refractivity contribution < 1.29 is 4.39 Å². The molecule has 29 heavy (non-hydrogen) atoms. The van der Waals surface area contributed by atoms with Crippen molar-refractivity contribution >= 4 is 5.82 Å². The van der Waals surface area contributed by atoms with Gasteiger partial charge in [-0.05, 0) is 79.3 Å². The maximum absolute atomic E-state index is 13.5. The summed E-state index contributed by atoms with van der Waals surface area (Å²) in [7, 11) is 0. The zero-order valence-electron chi connectivity index (χ0n) is 17.4. The van der Waals surface area contributed by atoms with E-state index in [9.17, 15) is 4.39 Å². The summed E-state index contributed by atoms with van der Waals surface area (Å²) >= 11 is 0. The second kappa shape index (κ2) is 8.43. The third-order valence-electron chi connectivity index (χ3n) is 6.85. The molecule has 1 aromatic carbocycles. The van der Waals surface area contributed by atoms with Crippen LogP contribution in [0, 0.1) is 11.7 Å². The Bertz CT molecular complexity index is 836. The normalized spacial score (nSPS) is 20.8. The van der Waals surface area contributed by atoms with Crippen LogP contribution in [0.15, 0.2) is 30.3 Å². The largest absolute Gasteiger partial charge is 0.354 e. The lowest BCUT2D eigenvalue weighted by Crippen LogP contribution is -2.47. The predicted molar refractivity (Wildman–Crippen MR) is 117 cm³/mol. The van der Waals surface area contributed by atoms with Crippen LogP contribution in [-0.2, 0) is 12.8 Å². The molecule has 2 fully saturated rings. The van der Waals surface area contributed by atoms with Gasteiger partial charge in [0.05, 0.1) is 0 Å². The Hall–Kier alpha value is -1.94. The first kappa shape index (κ1) is 19.0. The minimum atomic E-state index is -0.169. The van der Waals surface area contributed by atoms with Crippen molar-refractivity contribution in [2.24, 2.45) is 5.92 Å². The fraction of sp³-hybridized carbons (Fsp3) is 0.560. The number of anilines is 1. The number of benzene rings is 1. The standard InChI is InChI=1S/C25H32FN3/c26-21-11-9-20(10-12-21)23-17-25(27-24-6-4-2-1-3-5-22(23)24)29-15-13-28(14-16-29)18-19-7-8-19/h9-12,17,19H,1-8,13-16,18H2. The molecule has 1 saturated carbocycles. The highest BCUT2D eigenvalue weighted by Crippen LogP contribution is 2.34. The minimum absolute atomic E-state index is 0.169. The van der Waals surface area contributed by atoms with Crippen molar-refractivity contribution in [3.63, 3.8) is 0 Å². The summed E-state index contributed by atoms with van der Waals surface area (Å²) in [5.41, 5.74) is 5.07. The summed E-state index contributed by atoms with van der Waals surface area (Å²) in [6.45, 7) is 5.68. The molecule has 5 rings (SSSR count). The van der Waals surface area contributed by atoms with E-state index in [1.807, 2.05) is 12.1 Å². The Morgan fingerprint density at radius 2 is 1.62 bits per heavy atom. The molecule has 0 spiro atoms. The number of fused-ring (bicyclic) bond motifs is 1. The van der Waals surface area contributed by atoms with Crippen LogP contribution in [0.4, 0.5) is 10.2 Å². The number of rotatable bonds is 4. The SMILES string of the molecule is Fc1ccc(-c2cc(N3CCN(CC4CC4)CC3)nc3c2CCCCCC3)cc1. The molecule has 1 aliphatic heterocycles. The molecule has 0 atom stereocenters. The van der Waals surface area contributed by atoms with E-state index in [4.69, 9.17) is 4.98 Å². The number of aromatic nitrogens is 1. The number of halogens is 1. The van der Waals surface area contributed by atoms with Gasteiger partial charge in [0.1, 0.15) is 11.6 Å². The quantitative estimate of drug-likeness (QED) is 0.722. The van der Waals surface area contributed by atoms with Crippen molar-refractivity contribution in [3.05, 3.63) is 47.4 Å². The van der Waals surface area contributed by atoms with Gasteiger partial charge in [0.15, 0.2) is 0 Å². The molecule has 4 heteroatoms. The number of pyridine rings is 1. The van der Waals surface area contributed by atoms with Gasteiger partial charge >= 0.3 is 0 Å². The molecule has 3 nitrogen and oxygen atoms in total. The summed E-state index contributed by atoms with van der Waals surface area (Å²) in [5, 5.41) is 0. The van der Waals surface area contributed by atoms with E-state index in [-0.39, 0.29) is 5.82 Å². The summed E-state index contributed by atoms with van der Waals surface area (Å²) in [6.07, 6.45) is 10.1. The molecule has 0 unspecified atom stereocenters. The number of aryl methyl sites for hydroxylation is 1. The predicted octanol–water partition coefficient (Wildman–Crippen LogP) is 5.08. The molecule has 1 saturated heterocycles. The Labute approximate surface area is 173 Å². The molecule has 2 heterocycles. The third-order valence-corrected chi connectivity index (χ3v) is 6.85. The van der Waals surface area contributed by atoms with Gasteiger partial charge in [-0.25, -0.2) is 9.37 Å². The van der Waals surface area contributed by atoms with Crippen LogP contribution in [0.3, 0.4) is 0 Å². The van der Waals surface area contributed by atoms with Crippen molar-refractivity contribution in [2.75, 3.05) is 37.6 Å². The molecule has 154 valence electrons. The lowest BCUT2D eigenvalue weighted by atomic mass is 9.90. The van der Waals surface area contributed by atoms with Crippen LogP contribution < -0.4 is 4.90 Å². The monoisotopic (exact) mass is 393 g/mol. The fourth-order valence-electron chi connectivity index (χ4n) is 4.92. The minimum Gasteiger partial charge on any atom is -0.354 e. The Morgan fingerprint density at radius 1 is 0.897 bits per heavy atom. The van der Waals surface area contributed by atoms with E-state index in [0.717, 1.165) is 56.3 Å². The van der Waals surface area contributed by atoms with Gasteiger partial charge in [-0.2, -0.15) is 0 Å². The van der Waals surface area contributed by atoms with E-state index < -0.39 is 0 Å². The number of hydrogen-bond acceptors (Lipinski definition) is 3. The van der Waals surface area contributed by atoms with Gasteiger partial charge in [-0.3, -0.25) is 4.90 Å². The highest BCUT2D eigenvalue weighted by molar-refractivity contribution is 5.72. The maximum atomic E-state index is 13.5. The lowest BCUT2D eigenvalue weighted by Gasteiger charge is -2.36. The number of hydrogen-bond donors (Lipinski definition) is 0. The maximum Gasteiger partial charge on any atom is 0.129 e. The van der Waals surface area contributed by atoms with Gasteiger partial charge in [0, 0.05) is 38.4 Å². The molecular weight excluding hydrogens is 361 g/mol. The van der Waals surface area contributed by atoms with E-state index >= 15 is 0 Å². The first-order valence-corrected chi connectivity index (χ1v) is 11.5. The molecule has 3 aliphatic rings. The van der Waals surface area contributed by atoms with Crippen LogP contribution in [0.25, 0.3) is 11.1 Å². The van der Waals surface area contributed by atoms with Gasteiger partial charge in [0.2, 0.25) is 0 Å². The molecule has 0 N–H and O–H groups in total. The summed E-state index contributed by atoms with van der Waals surface area (Å²) in [6, 6.07) is 9.31. The van der Waals surface area contributed by atoms with E-state index in [1.54, 1.807) is 12.1 Å². The zero-order valence-corrected chi connectivity index (χ0v) is 17.4. The van der Waals surface area contributed by atoms with Gasteiger partial charge in [-0.15, -0.1) is 0 Å². The van der Waals surface area contributed by atoms with E-state index in [0.29, 0.717) is 0 Å². The first-order valence-electron chi connectivity index (χ1n) is 11.5. The van der Waals surface area contributed by atoms with E-state index in [1.165, 1.54) is 61.9 Å². The van der Waals surface area contributed by atoms with Crippen LogP contribution >= 0.6 is 0 Å². The van der Waals surface area contributed by atoms with Crippen molar-refractivity contribution in [3.8, 4) is 11.1 Å². The fourth-order valence-corrected chi connectivity index (χ4v) is 4.92. The van der Waals surface area contributed by atoms with Crippen LogP contribution in [0.2, 0.25) is 0 Å². The van der Waals surface area contributed by atoms with Crippen LogP contribution in [-0.4, -0.2) is 42.6 Å². The van der Waals surface area contributed by atoms with Crippen molar-refractivity contribution in [1.29, 1.82) is 0 Å². The van der Waals surface area contributed by atoms with Crippen molar-refractivity contribution in [1.82, 2.24) is 9.88 Å². The topological polar surface area (TPSA) is 19.4 Å². The molecule has 1 aromatic heterocycles. The Morgan fingerprint density at radius 3 is 2.34 bits per heavy atom. The Kier molecular flexibility index (Phi) is 5.54. The molecule has 2 aliphatic carbocycles. The molecule has 2 aromatic rings. The number of nitrogens with zero attached hydrogens (tertiary/aromatic N) is 3. The highest BCUT2D eigenvalue weighted by atomic mass is 19.1. The lowest BCUT2D eigenvalue weighted by molar-refractivity contribution is 0.247. The van der Waals surface area contributed by atoms with Crippen LogP contribution in [0.5, 0.6) is 0 Å². The highest BCUT2D eigenvalue weighted by Gasteiger charge is 2.27. The second-order valence-corrected chi connectivity index (χ2v) is 9.11. The molecule has 0 bridgehead atoms. The first-order chi connectivity index (χ1) is 14.3. The average molecular weight is 394 g/mol.